The van der Waals surface area contributed by atoms with Crippen LogP contribution in [0.2, 0.25) is 0 Å². The Kier molecular flexibility index (Phi) is 4.71. The first kappa shape index (κ1) is 20.0. The molecule has 1 atom stereocenters. The molecule has 1 aromatic carbocycles. The lowest BCUT2D eigenvalue weighted by Gasteiger charge is -2.38. The first-order valence-electron chi connectivity index (χ1n) is 10.5. The van der Waals surface area contributed by atoms with E-state index in [9.17, 15) is 19.5 Å². The van der Waals surface area contributed by atoms with Gasteiger partial charge in [0, 0.05) is 24.4 Å². The summed E-state index contributed by atoms with van der Waals surface area (Å²) >= 11 is 0. The summed E-state index contributed by atoms with van der Waals surface area (Å²) in [6.07, 6.45) is 5.67. The molecule has 0 aromatic heterocycles. The van der Waals surface area contributed by atoms with Crippen LogP contribution in [-0.4, -0.2) is 59.0 Å². The lowest BCUT2D eigenvalue weighted by Crippen LogP contribution is -2.46. The molecule has 5 rings (SSSR count). The summed E-state index contributed by atoms with van der Waals surface area (Å²) in [6.45, 7) is 4.11. The summed E-state index contributed by atoms with van der Waals surface area (Å²) in [5.74, 6) is -0.747. The number of carbonyl (C=O) groups is 3. The van der Waals surface area contributed by atoms with Crippen molar-refractivity contribution in [3.8, 4) is 0 Å². The highest BCUT2D eigenvalue weighted by Crippen LogP contribution is 2.41. The number of β-amino-alcohol motifs (C(OH)–C–C–N with tert-alkyl or cyclic N) is 1. The number of piperidine rings is 1. The van der Waals surface area contributed by atoms with Crippen LogP contribution in [0.25, 0.3) is 0 Å². The molecule has 0 aliphatic carbocycles. The minimum absolute atomic E-state index is 0.0172. The standard InChI is InChI=1S/C23H24N2O6/c1-14-16(2-3-17-18(14)13-31-21(17)28)19(26)11-24-7-4-23(5-8-24)6-9-25(22(23)29)15-10-20(27)30-12-15/h2-3,6,9-10,19,26H,4-5,7-8,11-13H2,1H3. The Balaban J connectivity index is 1.22. The number of cyclic esters (lactones) is 2. The van der Waals surface area contributed by atoms with Gasteiger partial charge in [0.15, 0.2) is 0 Å². The first-order valence-corrected chi connectivity index (χ1v) is 10.5. The van der Waals surface area contributed by atoms with Crippen LogP contribution < -0.4 is 0 Å². The first-order chi connectivity index (χ1) is 14.9. The predicted molar refractivity (Wildman–Crippen MR) is 108 cm³/mol. The van der Waals surface area contributed by atoms with Gasteiger partial charge >= 0.3 is 11.9 Å². The van der Waals surface area contributed by atoms with E-state index in [1.807, 2.05) is 13.0 Å². The number of carbonyl (C=O) groups excluding carboxylic acids is 3. The van der Waals surface area contributed by atoms with Gasteiger partial charge in [-0.25, -0.2) is 9.59 Å². The maximum Gasteiger partial charge on any atom is 0.338 e. The van der Waals surface area contributed by atoms with E-state index in [-0.39, 0.29) is 25.1 Å². The molecule has 1 aromatic rings. The third-order valence-corrected chi connectivity index (χ3v) is 6.89. The molecular weight excluding hydrogens is 400 g/mol. The van der Waals surface area contributed by atoms with Crippen molar-refractivity contribution < 1.29 is 29.0 Å². The fraction of sp³-hybridized carbons (Fsp3) is 0.435. The number of ether oxygens (including phenoxy) is 2. The number of aliphatic hydroxyl groups excluding tert-OH is 1. The molecule has 0 saturated carbocycles. The Labute approximate surface area is 179 Å². The molecule has 1 fully saturated rings. The van der Waals surface area contributed by atoms with Crippen LogP contribution in [0.4, 0.5) is 0 Å². The number of aliphatic hydroxyl groups is 1. The quantitative estimate of drug-likeness (QED) is 0.733. The van der Waals surface area contributed by atoms with Gasteiger partial charge in [-0.1, -0.05) is 12.1 Å². The second-order valence-corrected chi connectivity index (χ2v) is 8.59. The molecule has 31 heavy (non-hydrogen) atoms. The van der Waals surface area contributed by atoms with Gasteiger partial charge in [0.1, 0.15) is 13.2 Å². The number of likely N-dealkylation sites (tertiary alicyclic amines) is 1. The largest absolute Gasteiger partial charge is 0.457 e. The topological polar surface area (TPSA) is 96.4 Å². The number of esters is 2. The minimum Gasteiger partial charge on any atom is -0.457 e. The summed E-state index contributed by atoms with van der Waals surface area (Å²) in [6, 6.07) is 3.53. The Bertz CT molecular complexity index is 1030. The van der Waals surface area contributed by atoms with Crippen molar-refractivity contribution in [1.82, 2.24) is 9.80 Å². The number of rotatable bonds is 4. The molecule has 0 bridgehead atoms. The number of benzene rings is 1. The number of hydrogen-bond acceptors (Lipinski definition) is 7. The lowest BCUT2D eigenvalue weighted by atomic mass is 9.78. The van der Waals surface area contributed by atoms with E-state index >= 15 is 0 Å². The smallest absolute Gasteiger partial charge is 0.338 e. The third-order valence-electron chi connectivity index (χ3n) is 6.89. The zero-order valence-corrected chi connectivity index (χ0v) is 17.3. The summed E-state index contributed by atoms with van der Waals surface area (Å²) < 4.78 is 10.0. The molecule has 0 radical (unpaired) electrons. The van der Waals surface area contributed by atoms with E-state index < -0.39 is 17.5 Å². The van der Waals surface area contributed by atoms with E-state index in [4.69, 9.17) is 9.47 Å². The monoisotopic (exact) mass is 424 g/mol. The number of fused-ring (bicyclic) bond motifs is 1. The lowest BCUT2D eigenvalue weighted by molar-refractivity contribution is -0.137. The molecule has 4 aliphatic heterocycles. The summed E-state index contributed by atoms with van der Waals surface area (Å²) in [7, 11) is 0. The van der Waals surface area contributed by atoms with Crippen LogP contribution in [-0.2, 0) is 25.7 Å². The molecule has 1 N–H and O–H groups in total. The fourth-order valence-electron chi connectivity index (χ4n) is 4.91. The molecule has 1 spiro atoms. The molecule has 4 aliphatic rings. The molecule has 1 saturated heterocycles. The Morgan fingerprint density at radius 3 is 2.61 bits per heavy atom. The van der Waals surface area contributed by atoms with Crippen molar-refractivity contribution in [2.45, 2.75) is 32.5 Å². The maximum atomic E-state index is 13.1. The predicted octanol–water partition coefficient (Wildman–Crippen LogP) is 1.58. The van der Waals surface area contributed by atoms with Crippen LogP contribution in [0.5, 0.6) is 0 Å². The average Bonchev–Trinajstić information content (AvgIpc) is 3.43. The molecule has 1 unspecified atom stereocenters. The van der Waals surface area contributed by atoms with Crippen LogP contribution in [0, 0.1) is 12.3 Å². The Morgan fingerprint density at radius 2 is 1.90 bits per heavy atom. The normalized spacial score (nSPS) is 23.2. The van der Waals surface area contributed by atoms with Crippen molar-refractivity contribution in [2.75, 3.05) is 26.2 Å². The van der Waals surface area contributed by atoms with Crippen LogP contribution >= 0.6 is 0 Å². The van der Waals surface area contributed by atoms with Crippen LogP contribution in [0.1, 0.15) is 46.0 Å². The highest BCUT2D eigenvalue weighted by atomic mass is 16.5. The van der Waals surface area contributed by atoms with E-state index in [1.54, 1.807) is 18.3 Å². The van der Waals surface area contributed by atoms with E-state index in [0.717, 1.165) is 16.7 Å². The Morgan fingerprint density at radius 1 is 1.13 bits per heavy atom. The summed E-state index contributed by atoms with van der Waals surface area (Å²) in [5, 5.41) is 10.9. The molecular formula is C23H24N2O6. The molecule has 8 heteroatoms. The summed E-state index contributed by atoms with van der Waals surface area (Å²) in [4.78, 5) is 39.8. The van der Waals surface area contributed by atoms with Crippen molar-refractivity contribution in [3.63, 3.8) is 0 Å². The van der Waals surface area contributed by atoms with E-state index in [0.29, 0.717) is 43.7 Å². The van der Waals surface area contributed by atoms with Gasteiger partial charge in [-0.05, 0) is 50.0 Å². The highest BCUT2D eigenvalue weighted by molar-refractivity contribution is 5.94. The van der Waals surface area contributed by atoms with E-state index in [1.165, 1.54) is 11.0 Å². The molecule has 4 heterocycles. The second-order valence-electron chi connectivity index (χ2n) is 8.59. The van der Waals surface area contributed by atoms with Gasteiger partial charge in [-0.3, -0.25) is 9.69 Å². The van der Waals surface area contributed by atoms with E-state index in [2.05, 4.69) is 4.90 Å². The SMILES string of the molecule is Cc1c(C(O)CN2CCC3(C=CN(C4=CC(=O)OC4)C3=O)CC2)ccc2c1COC2=O. The van der Waals surface area contributed by atoms with Gasteiger partial charge in [0.25, 0.3) is 0 Å². The average molecular weight is 424 g/mol. The van der Waals surface area contributed by atoms with Crippen molar-refractivity contribution in [1.29, 1.82) is 0 Å². The van der Waals surface area contributed by atoms with Crippen LogP contribution in [0.15, 0.2) is 36.2 Å². The Hall–Kier alpha value is -2.97. The highest BCUT2D eigenvalue weighted by Gasteiger charge is 2.46. The zero-order valence-electron chi connectivity index (χ0n) is 17.3. The number of nitrogens with zero attached hydrogens (tertiary/aromatic N) is 2. The molecule has 8 nitrogen and oxygen atoms in total. The van der Waals surface area contributed by atoms with Gasteiger partial charge in [0.2, 0.25) is 5.91 Å². The van der Waals surface area contributed by atoms with Gasteiger partial charge in [0.05, 0.1) is 22.8 Å². The van der Waals surface area contributed by atoms with Crippen molar-refractivity contribution in [2.24, 2.45) is 5.41 Å². The number of hydrogen-bond donors (Lipinski definition) is 1. The van der Waals surface area contributed by atoms with Crippen molar-refractivity contribution >= 4 is 17.8 Å². The van der Waals surface area contributed by atoms with Gasteiger partial charge < -0.3 is 19.5 Å². The third kappa shape index (κ3) is 3.26. The molecule has 1 amide bonds. The fourth-order valence-corrected chi connectivity index (χ4v) is 4.91. The number of amides is 1. The maximum absolute atomic E-state index is 13.1. The van der Waals surface area contributed by atoms with Crippen LogP contribution in [0.3, 0.4) is 0 Å². The van der Waals surface area contributed by atoms with Gasteiger partial charge in [-0.15, -0.1) is 0 Å². The zero-order chi connectivity index (χ0) is 21.8. The summed E-state index contributed by atoms with van der Waals surface area (Å²) in [5.41, 5.74) is 3.15. The second kappa shape index (κ2) is 7.32. The molecule has 162 valence electrons. The van der Waals surface area contributed by atoms with Crippen molar-refractivity contribution in [3.05, 3.63) is 58.4 Å². The minimum atomic E-state index is -0.687. The van der Waals surface area contributed by atoms with Gasteiger partial charge in [-0.2, -0.15) is 0 Å².